The molecule has 29 heavy (non-hydrogen) atoms. The summed E-state index contributed by atoms with van der Waals surface area (Å²) in [5.41, 5.74) is 3.53. The average Bonchev–Trinajstić information content (AvgIpc) is 3.51. The molecule has 0 aliphatic heterocycles. The van der Waals surface area contributed by atoms with Crippen LogP contribution in [0.15, 0.2) is 59.8 Å². The van der Waals surface area contributed by atoms with Gasteiger partial charge in [-0.05, 0) is 37.8 Å². The summed E-state index contributed by atoms with van der Waals surface area (Å²) in [6.45, 7) is 5.25. The van der Waals surface area contributed by atoms with Crippen LogP contribution in [0.4, 0.5) is 0 Å². The molecule has 6 heteroatoms. The van der Waals surface area contributed by atoms with Crippen LogP contribution in [0.25, 0.3) is 0 Å². The molecule has 5 nitrogen and oxygen atoms in total. The smallest absolute Gasteiger partial charge is 0.233 e. The highest BCUT2D eigenvalue weighted by molar-refractivity contribution is 8.00. The second-order valence-corrected chi connectivity index (χ2v) is 8.96. The average molecular weight is 407 g/mol. The minimum atomic E-state index is -0.244. The predicted octanol–water partition coefficient (Wildman–Crippen LogP) is 4.31. The van der Waals surface area contributed by atoms with Crippen LogP contribution in [0, 0.1) is 6.92 Å². The molecular weight excluding hydrogens is 380 g/mol. The van der Waals surface area contributed by atoms with E-state index in [9.17, 15) is 4.79 Å². The van der Waals surface area contributed by atoms with Gasteiger partial charge in [-0.2, -0.15) is 0 Å². The summed E-state index contributed by atoms with van der Waals surface area (Å²) in [7, 11) is 0. The summed E-state index contributed by atoms with van der Waals surface area (Å²) in [5.74, 6) is 1.56. The van der Waals surface area contributed by atoms with Crippen molar-refractivity contribution in [1.29, 1.82) is 0 Å². The number of carbonyl (C=O) groups is 1. The first-order chi connectivity index (χ1) is 14.1. The van der Waals surface area contributed by atoms with Crippen molar-refractivity contribution in [3.63, 3.8) is 0 Å². The van der Waals surface area contributed by atoms with Crippen LogP contribution in [0.5, 0.6) is 0 Å². The van der Waals surface area contributed by atoms with Crippen LogP contribution in [-0.2, 0) is 17.9 Å². The monoisotopic (exact) mass is 406 g/mol. The Labute approximate surface area is 175 Å². The van der Waals surface area contributed by atoms with Crippen LogP contribution in [0.3, 0.4) is 0 Å². The Morgan fingerprint density at radius 2 is 1.83 bits per heavy atom. The summed E-state index contributed by atoms with van der Waals surface area (Å²) < 4.78 is 2.18. The summed E-state index contributed by atoms with van der Waals surface area (Å²) in [4.78, 5) is 12.6. The summed E-state index contributed by atoms with van der Waals surface area (Å²) in [5, 5.41) is 12.5. The molecule has 1 aromatic heterocycles. The lowest BCUT2D eigenvalue weighted by molar-refractivity contribution is -0.120. The lowest BCUT2D eigenvalue weighted by Gasteiger charge is -2.14. The Kier molecular flexibility index (Phi) is 6.00. The first kappa shape index (κ1) is 19.7. The van der Waals surface area contributed by atoms with E-state index in [0.717, 1.165) is 23.1 Å². The van der Waals surface area contributed by atoms with E-state index in [-0.39, 0.29) is 11.2 Å². The number of hydrogen-bond acceptors (Lipinski definition) is 4. The van der Waals surface area contributed by atoms with Crippen molar-refractivity contribution < 1.29 is 4.79 Å². The van der Waals surface area contributed by atoms with Crippen molar-refractivity contribution in [3.05, 3.63) is 77.1 Å². The molecule has 0 spiro atoms. The largest absolute Gasteiger partial charge is 0.351 e. The lowest BCUT2D eigenvalue weighted by atomic mass is 10.1. The van der Waals surface area contributed by atoms with Crippen molar-refractivity contribution in [3.8, 4) is 0 Å². The van der Waals surface area contributed by atoms with Crippen LogP contribution < -0.4 is 5.32 Å². The number of hydrogen-bond donors (Lipinski definition) is 1. The standard InChI is InChI=1S/C23H26N4OS/c1-16-8-10-18(11-9-16)14-24-22(28)17(2)29-23-26-25-21(20-12-13-20)27(23)15-19-6-4-3-5-7-19/h3-11,17,20H,12-15H2,1-2H3,(H,24,28)/t17-/m1/s1. The predicted molar refractivity (Wildman–Crippen MR) is 116 cm³/mol. The Hall–Kier alpha value is -2.60. The zero-order chi connectivity index (χ0) is 20.2. The molecule has 150 valence electrons. The number of thioether (sulfide) groups is 1. The second-order valence-electron chi connectivity index (χ2n) is 7.65. The molecule has 4 rings (SSSR count). The first-order valence-electron chi connectivity index (χ1n) is 10.1. The zero-order valence-corrected chi connectivity index (χ0v) is 17.7. The van der Waals surface area contributed by atoms with Crippen molar-refractivity contribution in [2.45, 2.75) is 56.1 Å². The third-order valence-electron chi connectivity index (χ3n) is 5.11. The summed E-state index contributed by atoms with van der Waals surface area (Å²) >= 11 is 1.48. The SMILES string of the molecule is Cc1ccc(CNC(=O)[C@@H](C)Sc2nnc(C3CC3)n2Cc2ccccc2)cc1. The van der Waals surface area contributed by atoms with Gasteiger partial charge in [0.25, 0.3) is 0 Å². The van der Waals surface area contributed by atoms with Gasteiger partial charge in [-0.15, -0.1) is 10.2 Å². The maximum atomic E-state index is 12.6. The molecule has 1 heterocycles. The third kappa shape index (κ3) is 5.07. The van der Waals surface area contributed by atoms with Gasteiger partial charge in [0.1, 0.15) is 5.82 Å². The van der Waals surface area contributed by atoms with Crippen molar-refractivity contribution in [1.82, 2.24) is 20.1 Å². The van der Waals surface area contributed by atoms with Crippen LogP contribution in [0.2, 0.25) is 0 Å². The second kappa shape index (κ2) is 8.82. The molecule has 3 aromatic rings. The van der Waals surface area contributed by atoms with Gasteiger partial charge in [0, 0.05) is 12.5 Å². The zero-order valence-electron chi connectivity index (χ0n) is 16.8. The van der Waals surface area contributed by atoms with E-state index < -0.39 is 0 Å². The normalized spacial score (nSPS) is 14.6. The van der Waals surface area contributed by atoms with E-state index in [1.807, 2.05) is 37.3 Å². The number of aromatic nitrogens is 3. The molecule has 1 atom stereocenters. The molecule has 2 aromatic carbocycles. The van der Waals surface area contributed by atoms with E-state index >= 15 is 0 Å². The maximum absolute atomic E-state index is 12.6. The highest BCUT2D eigenvalue weighted by Gasteiger charge is 2.31. The van der Waals surface area contributed by atoms with E-state index in [1.165, 1.54) is 35.7 Å². The highest BCUT2D eigenvalue weighted by Crippen LogP contribution is 2.40. The van der Waals surface area contributed by atoms with Gasteiger partial charge in [-0.3, -0.25) is 4.79 Å². The molecule has 1 N–H and O–H groups in total. The minimum absolute atomic E-state index is 0.0119. The Bertz CT molecular complexity index is 964. The van der Waals surface area contributed by atoms with E-state index in [0.29, 0.717) is 12.5 Å². The molecule has 1 fully saturated rings. The third-order valence-corrected chi connectivity index (χ3v) is 6.19. The van der Waals surface area contributed by atoms with Gasteiger partial charge in [0.2, 0.25) is 5.91 Å². The van der Waals surface area contributed by atoms with Gasteiger partial charge in [-0.25, -0.2) is 0 Å². The molecule has 1 amide bonds. The molecule has 0 unspecified atom stereocenters. The van der Waals surface area contributed by atoms with Crippen molar-refractivity contribution in [2.75, 3.05) is 0 Å². The van der Waals surface area contributed by atoms with Crippen LogP contribution in [0.1, 0.15) is 48.2 Å². The minimum Gasteiger partial charge on any atom is -0.351 e. The Balaban J connectivity index is 1.42. The fraction of sp³-hybridized carbons (Fsp3) is 0.348. The van der Waals surface area contributed by atoms with Gasteiger partial charge in [-0.1, -0.05) is 71.9 Å². The first-order valence-corrected chi connectivity index (χ1v) is 10.9. The molecule has 1 aliphatic rings. The van der Waals surface area contributed by atoms with Gasteiger partial charge in [0.15, 0.2) is 5.16 Å². The number of amides is 1. The number of carbonyl (C=O) groups excluding carboxylic acids is 1. The van der Waals surface area contributed by atoms with Crippen molar-refractivity contribution in [2.24, 2.45) is 0 Å². The van der Waals surface area contributed by atoms with Crippen LogP contribution >= 0.6 is 11.8 Å². The molecule has 0 radical (unpaired) electrons. The van der Waals surface area contributed by atoms with Gasteiger partial charge < -0.3 is 9.88 Å². The van der Waals surface area contributed by atoms with Crippen molar-refractivity contribution >= 4 is 17.7 Å². The quantitative estimate of drug-likeness (QED) is 0.566. The van der Waals surface area contributed by atoms with E-state index in [4.69, 9.17) is 0 Å². The molecule has 1 saturated carbocycles. The van der Waals surface area contributed by atoms with Gasteiger partial charge >= 0.3 is 0 Å². The van der Waals surface area contributed by atoms with E-state index in [2.05, 4.69) is 51.3 Å². The number of nitrogens with one attached hydrogen (secondary N) is 1. The lowest BCUT2D eigenvalue weighted by Crippen LogP contribution is -2.30. The highest BCUT2D eigenvalue weighted by atomic mass is 32.2. The van der Waals surface area contributed by atoms with Crippen LogP contribution in [-0.4, -0.2) is 25.9 Å². The molecule has 0 bridgehead atoms. The Morgan fingerprint density at radius 1 is 1.10 bits per heavy atom. The fourth-order valence-electron chi connectivity index (χ4n) is 3.20. The molecular formula is C23H26N4OS. The van der Waals surface area contributed by atoms with E-state index in [1.54, 1.807) is 0 Å². The summed E-state index contributed by atoms with van der Waals surface area (Å²) in [6, 6.07) is 18.6. The Morgan fingerprint density at radius 3 is 2.52 bits per heavy atom. The fourth-order valence-corrected chi connectivity index (χ4v) is 4.08. The number of nitrogens with zero attached hydrogens (tertiary/aromatic N) is 3. The summed E-state index contributed by atoms with van der Waals surface area (Å²) in [6.07, 6.45) is 2.34. The topological polar surface area (TPSA) is 59.8 Å². The molecule has 0 saturated heterocycles. The maximum Gasteiger partial charge on any atom is 0.233 e. The number of benzene rings is 2. The number of rotatable bonds is 8. The van der Waals surface area contributed by atoms with Gasteiger partial charge in [0.05, 0.1) is 11.8 Å². The number of aryl methyl sites for hydroxylation is 1. The molecule has 1 aliphatic carbocycles.